The molecule has 2 aliphatic heterocycles. The van der Waals surface area contributed by atoms with E-state index in [4.69, 9.17) is 9.47 Å². The summed E-state index contributed by atoms with van der Waals surface area (Å²) in [4.78, 5) is 12.3. The summed E-state index contributed by atoms with van der Waals surface area (Å²) in [5.74, 6) is 0.755. The van der Waals surface area contributed by atoms with Gasteiger partial charge in [0.2, 0.25) is 15.9 Å². The topological polar surface area (TPSA) is 116 Å². The number of hydrogen-bond donors (Lipinski definition) is 1. The number of nitrogens with zero attached hydrogens (tertiary/aromatic N) is 4. The van der Waals surface area contributed by atoms with Crippen LogP contribution in [0.15, 0.2) is 34.3 Å². The summed E-state index contributed by atoms with van der Waals surface area (Å²) in [5.41, 5.74) is 0.746. The molecule has 0 unspecified atom stereocenters. The number of amides is 1. The quantitative estimate of drug-likeness (QED) is 0.553. The second kappa shape index (κ2) is 10.3. The molecule has 12 heteroatoms. The lowest BCUT2D eigenvalue weighted by Crippen LogP contribution is -2.40. The number of hydrogen-bond acceptors (Lipinski definition) is 8. The molecule has 0 bridgehead atoms. The van der Waals surface area contributed by atoms with E-state index in [9.17, 15) is 13.2 Å². The van der Waals surface area contributed by atoms with E-state index >= 15 is 0 Å². The molecule has 0 saturated carbocycles. The maximum atomic E-state index is 12.8. The predicted molar refractivity (Wildman–Crippen MR) is 119 cm³/mol. The molecule has 1 N–H and O–H groups in total. The number of sulfonamides is 1. The molecule has 174 valence electrons. The summed E-state index contributed by atoms with van der Waals surface area (Å²) < 4.78 is 39.5. The fourth-order valence-electron chi connectivity index (χ4n) is 3.62. The van der Waals surface area contributed by atoms with Crippen LogP contribution in [-0.2, 0) is 31.3 Å². The molecular formula is C20H27N5O5S2. The first-order chi connectivity index (χ1) is 15.4. The van der Waals surface area contributed by atoms with Crippen LogP contribution in [0, 0.1) is 0 Å². The predicted octanol–water partition coefficient (Wildman–Crippen LogP) is 0.890. The van der Waals surface area contributed by atoms with Crippen molar-refractivity contribution in [3.8, 4) is 11.4 Å². The number of morpholine rings is 1. The molecular weight excluding hydrogens is 454 g/mol. The Morgan fingerprint density at radius 2 is 1.94 bits per heavy atom. The standard InChI is InChI=1S/C20H27N5O5S2/c1-24-19(22-23-20(24)31-14-18(26)21-13-16-3-2-10-30-16)15-4-6-17(7-5-15)32(27,28)25-8-11-29-12-9-25/h4-7,16H,2-3,8-14H2,1H3,(H,21,26)/t16-/m1/s1. The smallest absolute Gasteiger partial charge is 0.243 e. The molecule has 0 aliphatic carbocycles. The summed E-state index contributed by atoms with van der Waals surface area (Å²) in [6.45, 7) is 2.82. The minimum atomic E-state index is -3.54. The van der Waals surface area contributed by atoms with Gasteiger partial charge >= 0.3 is 0 Å². The average molecular weight is 482 g/mol. The zero-order valence-electron chi connectivity index (χ0n) is 17.9. The number of carbonyl (C=O) groups is 1. The van der Waals surface area contributed by atoms with Crippen molar-refractivity contribution in [2.75, 3.05) is 45.2 Å². The van der Waals surface area contributed by atoms with Crippen molar-refractivity contribution >= 4 is 27.7 Å². The van der Waals surface area contributed by atoms with Crippen LogP contribution in [0.4, 0.5) is 0 Å². The molecule has 1 atom stereocenters. The molecule has 2 saturated heterocycles. The van der Waals surface area contributed by atoms with Gasteiger partial charge in [0.05, 0.1) is 30.0 Å². The van der Waals surface area contributed by atoms with Gasteiger partial charge < -0.3 is 19.4 Å². The molecule has 2 aromatic rings. The first-order valence-corrected chi connectivity index (χ1v) is 13.0. The maximum absolute atomic E-state index is 12.8. The molecule has 10 nitrogen and oxygen atoms in total. The highest BCUT2D eigenvalue weighted by atomic mass is 32.2. The van der Waals surface area contributed by atoms with Crippen molar-refractivity contribution in [1.29, 1.82) is 0 Å². The van der Waals surface area contributed by atoms with Crippen LogP contribution in [0.5, 0.6) is 0 Å². The van der Waals surface area contributed by atoms with Crippen molar-refractivity contribution < 1.29 is 22.7 Å². The van der Waals surface area contributed by atoms with Gasteiger partial charge in [-0.05, 0) is 37.1 Å². The summed E-state index contributed by atoms with van der Waals surface area (Å²) >= 11 is 1.30. The number of benzene rings is 1. The second-order valence-corrected chi connectivity index (χ2v) is 10.5. The van der Waals surface area contributed by atoms with Crippen molar-refractivity contribution in [2.24, 2.45) is 7.05 Å². The monoisotopic (exact) mass is 481 g/mol. The zero-order valence-corrected chi connectivity index (χ0v) is 19.5. The SMILES string of the molecule is Cn1c(SCC(=O)NC[C@H]2CCCO2)nnc1-c1ccc(S(=O)(=O)N2CCOCC2)cc1. The lowest BCUT2D eigenvalue weighted by atomic mass is 10.2. The zero-order chi connectivity index (χ0) is 22.6. The van der Waals surface area contributed by atoms with Crippen molar-refractivity contribution in [3.05, 3.63) is 24.3 Å². The van der Waals surface area contributed by atoms with Gasteiger partial charge in [-0.3, -0.25) is 4.79 Å². The van der Waals surface area contributed by atoms with Crippen molar-refractivity contribution in [1.82, 2.24) is 24.4 Å². The number of carbonyl (C=O) groups excluding carboxylic acids is 1. The molecule has 2 aliphatic rings. The molecule has 0 spiro atoms. The third kappa shape index (κ3) is 5.31. The molecule has 32 heavy (non-hydrogen) atoms. The minimum absolute atomic E-state index is 0.0762. The van der Waals surface area contributed by atoms with Crippen LogP contribution in [0.2, 0.25) is 0 Å². The number of thioether (sulfide) groups is 1. The van der Waals surface area contributed by atoms with Crippen molar-refractivity contribution in [3.63, 3.8) is 0 Å². The Morgan fingerprint density at radius 3 is 2.62 bits per heavy atom. The first kappa shape index (κ1) is 23.2. The van der Waals surface area contributed by atoms with E-state index in [1.165, 1.54) is 16.1 Å². The van der Waals surface area contributed by atoms with Crippen molar-refractivity contribution in [2.45, 2.75) is 29.0 Å². The molecule has 1 amide bonds. The fraction of sp³-hybridized carbons (Fsp3) is 0.550. The van der Waals surface area contributed by atoms with Crippen LogP contribution in [-0.4, -0.2) is 84.7 Å². The van der Waals surface area contributed by atoms with Gasteiger partial charge in [0.1, 0.15) is 0 Å². The van der Waals surface area contributed by atoms with E-state index in [2.05, 4.69) is 15.5 Å². The third-order valence-electron chi connectivity index (χ3n) is 5.44. The number of nitrogens with one attached hydrogen (secondary N) is 1. The maximum Gasteiger partial charge on any atom is 0.243 e. The molecule has 2 fully saturated rings. The van der Waals surface area contributed by atoms with E-state index in [0.717, 1.165) is 25.0 Å². The van der Waals surface area contributed by atoms with Gasteiger partial charge in [-0.15, -0.1) is 10.2 Å². The Kier molecular flexibility index (Phi) is 7.46. The highest BCUT2D eigenvalue weighted by Crippen LogP contribution is 2.25. The van der Waals surface area contributed by atoms with Gasteiger partial charge in [-0.2, -0.15) is 4.31 Å². The van der Waals surface area contributed by atoms with E-state index in [1.54, 1.807) is 28.8 Å². The Morgan fingerprint density at radius 1 is 1.19 bits per heavy atom. The first-order valence-electron chi connectivity index (χ1n) is 10.5. The van der Waals surface area contributed by atoms with E-state index in [-0.39, 0.29) is 22.7 Å². The Hall–Kier alpha value is -1.99. The van der Waals surface area contributed by atoms with Gasteiger partial charge in [-0.25, -0.2) is 8.42 Å². The number of aromatic nitrogens is 3. The Balaban J connectivity index is 1.36. The highest BCUT2D eigenvalue weighted by Gasteiger charge is 2.26. The van der Waals surface area contributed by atoms with Crippen LogP contribution < -0.4 is 5.32 Å². The largest absolute Gasteiger partial charge is 0.379 e. The van der Waals surface area contributed by atoms with E-state index < -0.39 is 10.0 Å². The lowest BCUT2D eigenvalue weighted by molar-refractivity contribution is -0.119. The Bertz CT molecular complexity index is 1030. The molecule has 1 aromatic heterocycles. The number of rotatable bonds is 8. The van der Waals surface area contributed by atoms with Crippen LogP contribution in [0.3, 0.4) is 0 Å². The van der Waals surface area contributed by atoms with Gasteiger partial charge in [0, 0.05) is 38.9 Å². The van der Waals surface area contributed by atoms with Gasteiger partial charge in [-0.1, -0.05) is 11.8 Å². The summed E-state index contributed by atoms with van der Waals surface area (Å²) in [6.07, 6.45) is 2.13. The Labute approximate surface area is 191 Å². The van der Waals surface area contributed by atoms with Crippen LogP contribution in [0.25, 0.3) is 11.4 Å². The fourth-order valence-corrected chi connectivity index (χ4v) is 5.77. The summed E-state index contributed by atoms with van der Waals surface area (Å²) in [7, 11) is -1.72. The molecule has 4 rings (SSSR count). The van der Waals surface area contributed by atoms with Crippen LogP contribution in [0.1, 0.15) is 12.8 Å². The minimum Gasteiger partial charge on any atom is -0.379 e. The summed E-state index contributed by atoms with van der Waals surface area (Å²) in [6, 6.07) is 6.61. The average Bonchev–Trinajstić information content (AvgIpc) is 3.47. The van der Waals surface area contributed by atoms with Gasteiger partial charge in [0.25, 0.3) is 0 Å². The van der Waals surface area contributed by atoms with E-state index in [1.807, 2.05) is 7.05 Å². The van der Waals surface area contributed by atoms with Gasteiger partial charge in [0.15, 0.2) is 11.0 Å². The second-order valence-electron chi connectivity index (χ2n) is 7.63. The van der Waals surface area contributed by atoms with E-state index in [0.29, 0.717) is 43.8 Å². The number of ether oxygens (including phenoxy) is 2. The molecule has 0 radical (unpaired) electrons. The molecule has 3 heterocycles. The lowest BCUT2D eigenvalue weighted by Gasteiger charge is -2.26. The third-order valence-corrected chi connectivity index (χ3v) is 8.37. The van der Waals surface area contributed by atoms with Crippen LogP contribution >= 0.6 is 11.8 Å². The normalized spacial score (nSPS) is 19.8. The highest BCUT2D eigenvalue weighted by molar-refractivity contribution is 7.99. The summed E-state index contributed by atoms with van der Waals surface area (Å²) in [5, 5.41) is 11.9. The molecule has 1 aromatic carbocycles.